The molecule has 0 saturated carbocycles. The van der Waals surface area contributed by atoms with Gasteiger partial charge in [-0.05, 0) is 43.2 Å². The Morgan fingerprint density at radius 3 is 3.11 bits per heavy atom. The van der Waals surface area contributed by atoms with Gasteiger partial charge in [0.15, 0.2) is 0 Å². The van der Waals surface area contributed by atoms with Gasteiger partial charge in [0.2, 0.25) is 0 Å². The molecule has 2 aliphatic rings. The van der Waals surface area contributed by atoms with Crippen molar-refractivity contribution in [2.45, 2.75) is 30.9 Å². The monoisotopic (exact) mass is 278 g/mol. The summed E-state index contributed by atoms with van der Waals surface area (Å²) in [6.45, 7) is 0.887. The first-order chi connectivity index (χ1) is 9.19. The fourth-order valence-corrected chi connectivity index (χ4v) is 4.53. The predicted octanol–water partition coefficient (Wildman–Crippen LogP) is 2.76. The molecule has 1 spiro atoms. The molecule has 2 saturated heterocycles. The van der Waals surface area contributed by atoms with Gasteiger partial charge in [0.1, 0.15) is 0 Å². The van der Waals surface area contributed by atoms with Crippen LogP contribution in [0.25, 0.3) is 0 Å². The summed E-state index contributed by atoms with van der Waals surface area (Å²) in [6, 6.07) is 8.74. The van der Waals surface area contributed by atoms with Crippen LogP contribution in [-0.2, 0) is 4.74 Å². The van der Waals surface area contributed by atoms with Gasteiger partial charge in [-0.15, -0.1) is 0 Å². The van der Waals surface area contributed by atoms with E-state index < -0.39 is 0 Å². The van der Waals surface area contributed by atoms with Gasteiger partial charge in [-0.3, -0.25) is 0 Å². The molecule has 1 aromatic rings. The van der Waals surface area contributed by atoms with Crippen molar-refractivity contribution in [2.75, 3.05) is 35.8 Å². The number of hydrogen-bond acceptors (Lipinski definition) is 4. The Hall–Kier alpha value is -0.870. The number of nitrogens with two attached hydrogens (primary N) is 1. The van der Waals surface area contributed by atoms with E-state index in [2.05, 4.69) is 24.1 Å². The molecular formula is C15H22N2OS. The van der Waals surface area contributed by atoms with E-state index in [0.29, 0.717) is 6.04 Å². The second-order valence-electron chi connectivity index (χ2n) is 5.69. The van der Waals surface area contributed by atoms with Gasteiger partial charge >= 0.3 is 0 Å². The number of hydrogen-bond donors (Lipinski definition) is 1. The Kier molecular flexibility index (Phi) is 3.63. The zero-order valence-electron chi connectivity index (χ0n) is 11.5. The minimum atomic E-state index is 0.141. The van der Waals surface area contributed by atoms with E-state index >= 15 is 0 Å². The predicted molar refractivity (Wildman–Crippen MR) is 82.9 cm³/mol. The first-order valence-corrected chi connectivity index (χ1v) is 8.14. The van der Waals surface area contributed by atoms with Crippen molar-refractivity contribution in [3.63, 3.8) is 0 Å². The molecule has 0 aliphatic carbocycles. The Morgan fingerprint density at radius 1 is 1.47 bits per heavy atom. The van der Waals surface area contributed by atoms with Crippen LogP contribution in [0.15, 0.2) is 24.3 Å². The van der Waals surface area contributed by atoms with Crippen molar-refractivity contribution in [1.82, 2.24) is 0 Å². The Balaban J connectivity index is 1.74. The van der Waals surface area contributed by atoms with Crippen LogP contribution in [0.4, 0.5) is 11.4 Å². The van der Waals surface area contributed by atoms with Crippen molar-refractivity contribution in [2.24, 2.45) is 0 Å². The average Bonchev–Trinajstić information content (AvgIpc) is 2.86. The van der Waals surface area contributed by atoms with Crippen molar-refractivity contribution < 1.29 is 4.74 Å². The highest BCUT2D eigenvalue weighted by atomic mass is 32.2. The van der Waals surface area contributed by atoms with Gasteiger partial charge in [-0.25, -0.2) is 0 Å². The van der Waals surface area contributed by atoms with Crippen molar-refractivity contribution in [1.29, 1.82) is 0 Å². The molecule has 2 fully saturated rings. The summed E-state index contributed by atoms with van der Waals surface area (Å²) in [6.07, 6.45) is 3.46. The summed E-state index contributed by atoms with van der Waals surface area (Å²) < 4.78 is 6.09. The Morgan fingerprint density at radius 2 is 2.37 bits per heavy atom. The molecule has 0 radical (unpaired) electrons. The van der Waals surface area contributed by atoms with Crippen LogP contribution in [-0.4, -0.2) is 36.8 Å². The standard InChI is InChI=1S/C15H22N2OS/c1-17(13-4-2-3-12(16)9-13)14-5-7-18-15(10-14)6-8-19-11-15/h2-4,9,14H,5-8,10-11,16H2,1H3. The maximum Gasteiger partial charge on any atom is 0.0799 e. The molecule has 3 nitrogen and oxygen atoms in total. The average molecular weight is 278 g/mol. The van der Waals surface area contributed by atoms with Crippen LogP contribution in [0.3, 0.4) is 0 Å². The van der Waals surface area contributed by atoms with E-state index in [1.807, 2.05) is 23.9 Å². The summed E-state index contributed by atoms with van der Waals surface area (Å²) in [5.41, 5.74) is 8.08. The quantitative estimate of drug-likeness (QED) is 0.844. The third-order valence-corrected chi connectivity index (χ3v) is 5.58. The zero-order chi connectivity index (χ0) is 13.3. The minimum absolute atomic E-state index is 0.141. The lowest BCUT2D eigenvalue weighted by Crippen LogP contribution is -2.48. The molecule has 2 N–H and O–H groups in total. The number of thioether (sulfide) groups is 1. The first kappa shape index (κ1) is 13.1. The van der Waals surface area contributed by atoms with Crippen LogP contribution in [0.5, 0.6) is 0 Å². The van der Waals surface area contributed by atoms with Crippen molar-refractivity contribution in [3.8, 4) is 0 Å². The lowest BCUT2D eigenvalue weighted by molar-refractivity contribution is -0.0658. The van der Waals surface area contributed by atoms with E-state index in [1.165, 1.54) is 17.9 Å². The van der Waals surface area contributed by atoms with Crippen molar-refractivity contribution in [3.05, 3.63) is 24.3 Å². The Bertz CT molecular complexity index is 446. The van der Waals surface area contributed by atoms with Gasteiger partial charge in [-0.2, -0.15) is 11.8 Å². The molecule has 0 bridgehead atoms. The third kappa shape index (κ3) is 2.70. The molecule has 2 atom stereocenters. The normalized spacial score (nSPS) is 30.7. The number of rotatable bonds is 2. The van der Waals surface area contributed by atoms with Crippen LogP contribution in [0.1, 0.15) is 19.3 Å². The molecule has 3 rings (SSSR count). The second-order valence-corrected chi connectivity index (χ2v) is 6.79. The highest BCUT2D eigenvalue weighted by Crippen LogP contribution is 2.40. The lowest BCUT2D eigenvalue weighted by atomic mass is 9.89. The molecule has 0 amide bonds. The van der Waals surface area contributed by atoms with E-state index in [0.717, 1.165) is 30.9 Å². The number of nitrogen functional groups attached to an aromatic ring is 1. The third-order valence-electron chi connectivity index (χ3n) is 4.36. The molecule has 2 heterocycles. The van der Waals surface area contributed by atoms with E-state index in [1.54, 1.807) is 0 Å². The van der Waals surface area contributed by atoms with Crippen LogP contribution >= 0.6 is 11.8 Å². The fourth-order valence-electron chi connectivity index (χ4n) is 3.15. The SMILES string of the molecule is CN(c1cccc(N)c1)C1CCOC2(CCSC2)C1. The molecule has 104 valence electrons. The topological polar surface area (TPSA) is 38.5 Å². The second kappa shape index (κ2) is 5.25. The molecule has 1 aromatic carbocycles. The fraction of sp³-hybridized carbons (Fsp3) is 0.600. The first-order valence-electron chi connectivity index (χ1n) is 6.99. The number of ether oxygens (including phenoxy) is 1. The highest BCUT2D eigenvalue weighted by Gasteiger charge is 2.41. The van der Waals surface area contributed by atoms with Crippen LogP contribution < -0.4 is 10.6 Å². The summed E-state index contributed by atoms with van der Waals surface area (Å²) in [5.74, 6) is 2.41. The van der Waals surface area contributed by atoms with E-state index in [4.69, 9.17) is 10.5 Å². The smallest absolute Gasteiger partial charge is 0.0799 e. The van der Waals surface area contributed by atoms with Gasteiger partial charge in [0, 0.05) is 36.8 Å². The summed E-state index contributed by atoms with van der Waals surface area (Å²) in [7, 11) is 2.18. The van der Waals surface area contributed by atoms with Crippen LogP contribution in [0, 0.1) is 0 Å². The van der Waals surface area contributed by atoms with Gasteiger partial charge in [0.25, 0.3) is 0 Å². The van der Waals surface area contributed by atoms with Crippen LogP contribution in [0.2, 0.25) is 0 Å². The molecule has 0 aromatic heterocycles. The van der Waals surface area contributed by atoms with Gasteiger partial charge < -0.3 is 15.4 Å². The summed E-state index contributed by atoms with van der Waals surface area (Å²) in [5, 5.41) is 0. The number of anilines is 2. The Labute approximate surface area is 119 Å². The van der Waals surface area contributed by atoms with Gasteiger partial charge in [0.05, 0.1) is 5.60 Å². The molecule has 2 aliphatic heterocycles. The largest absolute Gasteiger partial charge is 0.399 e. The molecular weight excluding hydrogens is 256 g/mol. The summed E-state index contributed by atoms with van der Waals surface area (Å²) in [4.78, 5) is 2.38. The summed E-state index contributed by atoms with van der Waals surface area (Å²) >= 11 is 2.03. The molecule has 19 heavy (non-hydrogen) atoms. The van der Waals surface area contributed by atoms with E-state index in [-0.39, 0.29) is 5.60 Å². The number of nitrogens with zero attached hydrogens (tertiary/aromatic N) is 1. The molecule has 2 unspecified atom stereocenters. The maximum atomic E-state index is 6.09. The maximum absolute atomic E-state index is 6.09. The lowest BCUT2D eigenvalue weighted by Gasteiger charge is -2.42. The van der Waals surface area contributed by atoms with Crippen molar-refractivity contribution >= 4 is 23.1 Å². The number of benzene rings is 1. The zero-order valence-corrected chi connectivity index (χ0v) is 12.3. The highest BCUT2D eigenvalue weighted by molar-refractivity contribution is 7.99. The molecule has 4 heteroatoms. The van der Waals surface area contributed by atoms with E-state index in [9.17, 15) is 0 Å². The van der Waals surface area contributed by atoms with Gasteiger partial charge in [-0.1, -0.05) is 6.07 Å². The minimum Gasteiger partial charge on any atom is -0.399 e.